The predicted molar refractivity (Wildman–Crippen MR) is 79.7 cm³/mol. The van der Waals surface area contributed by atoms with Crippen LogP contribution in [0.15, 0.2) is 6.07 Å². The normalized spacial score (nSPS) is 21.6. The number of thiophene rings is 1. The topological polar surface area (TPSA) is 29.5 Å². The lowest BCUT2D eigenvalue weighted by Crippen LogP contribution is -2.57. The molecule has 0 N–H and O–H groups in total. The van der Waals surface area contributed by atoms with Crippen LogP contribution in [0.3, 0.4) is 0 Å². The molecule has 9 heteroatoms. The number of likely N-dealkylation sites (tertiary alicyclic amines) is 1. The van der Waals surface area contributed by atoms with Gasteiger partial charge in [0.1, 0.15) is 16.2 Å². The van der Waals surface area contributed by atoms with Crippen molar-refractivity contribution in [3.63, 3.8) is 0 Å². The fraction of sp³-hybridized carbons (Fsp3) is 0.667. The Morgan fingerprint density at radius 3 is 2.67 bits per heavy atom. The first kappa shape index (κ1) is 19.0. The molecule has 3 nitrogen and oxygen atoms in total. The molecular formula is C15H18F5NO2S. The summed E-state index contributed by atoms with van der Waals surface area (Å²) in [6, 6.07) is 1.25. The first-order chi connectivity index (χ1) is 11.1. The molecule has 2 heterocycles. The number of carbonyl (C=O) groups excluding carboxylic acids is 1. The average molecular weight is 371 g/mol. The Labute approximate surface area is 140 Å². The van der Waals surface area contributed by atoms with Crippen molar-refractivity contribution >= 4 is 17.2 Å². The van der Waals surface area contributed by atoms with Gasteiger partial charge in [-0.25, -0.2) is 0 Å². The van der Waals surface area contributed by atoms with E-state index in [9.17, 15) is 26.7 Å². The Kier molecular flexibility index (Phi) is 5.41. The monoisotopic (exact) mass is 371 g/mol. The number of ether oxygens (including phenoxy) is 1. The molecule has 136 valence electrons. The predicted octanol–water partition coefficient (Wildman–Crippen LogP) is 5.00. The molecule has 1 aromatic heterocycles. The number of halogens is 5. The third-order valence-corrected chi connectivity index (χ3v) is 5.18. The second-order valence-corrected chi connectivity index (χ2v) is 7.02. The Bertz CT molecular complexity index is 601. The number of alkyl halides is 5. The average Bonchev–Trinajstić information content (AvgIpc) is 3.02. The molecule has 1 saturated heterocycles. The summed E-state index contributed by atoms with van der Waals surface area (Å²) in [5, 5.41) is 0. The summed E-state index contributed by atoms with van der Waals surface area (Å²) in [5.74, 6) is -1.26. The molecular weight excluding hydrogens is 353 g/mol. The largest absolute Gasteiger partial charge is 0.433 e. The molecule has 0 bridgehead atoms. The molecule has 0 unspecified atom stereocenters. The highest BCUT2D eigenvalue weighted by Crippen LogP contribution is 2.47. The smallest absolute Gasteiger partial charge is 0.411 e. The summed E-state index contributed by atoms with van der Waals surface area (Å²) in [5.41, 5.74) is -2.24. The molecule has 24 heavy (non-hydrogen) atoms. The van der Waals surface area contributed by atoms with Crippen LogP contribution in [0.25, 0.3) is 0 Å². The van der Waals surface area contributed by atoms with E-state index in [1.165, 1.54) is 6.07 Å². The molecule has 1 aromatic rings. The fourth-order valence-electron chi connectivity index (χ4n) is 3.23. The van der Waals surface area contributed by atoms with Gasteiger partial charge in [-0.1, -0.05) is 13.3 Å². The molecule has 0 spiro atoms. The third kappa shape index (κ3) is 3.36. The maximum absolute atomic E-state index is 13.7. The third-order valence-electron chi connectivity index (χ3n) is 4.16. The lowest BCUT2D eigenvalue weighted by atomic mass is 9.89. The second kappa shape index (κ2) is 6.85. The summed E-state index contributed by atoms with van der Waals surface area (Å²) < 4.78 is 70.4. The van der Waals surface area contributed by atoms with Gasteiger partial charge in [-0.15, -0.1) is 11.3 Å². The summed E-state index contributed by atoms with van der Waals surface area (Å²) >= 11 is 0.864. The first-order valence-corrected chi connectivity index (χ1v) is 8.38. The quantitative estimate of drug-likeness (QED) is 0.682. The highest BCUT2D eigenvalue weighted by Gasteiger charge is 2.61. The highest BCUT2D eigenvalue weighted by atomic mass is 32.1. The van der Waals surface area contributed by atoms with E-state index in [0.29, 0.717) is 4.88 Å². The maximum atomic E-state index is 13.7. The molecule has 2 rings (SSSR count). The number of carbonyl (C=O) groups is 1. The van der Waals surface area contributed by atoms with Crippen molar-refractivity contribution in [3.8, 4) is 5.75 Å². The van der Waals surface area contributed by atoms with Gasteiger partial charge in [0.05, 0.1) is 0 Å². The molecule has 1 amide bonds. The van der Waals surface area contributed by atoms with Gasteiger partial charge in [0.15, 0.2) is 0 Å². The number of nitrogens with zero attached hydrogens (tertiary/aromatic N) is 1. The van der Waals surface area contributed by atoms with Crippen LogP contribution in [-0.4, -0.2) is 35.7 Å². The van der Waals surface area contributed by atoms with E-state index in [4.69, 9.17) is 0 Å². The number of amides is 1. The van der Waals surface area contributed by atoms with Crippen LogP contribution in [0.5, 0.6) is 5.75 Å². The van der Waals surface area contributed by atoms with Crippen LogP contribution in [0, 0.1) is 6.92 Å². The first-order valence-electron chi connectivity index (χ1n) is 7.56. The Hall–Kier alpha value is -1.38. The van der Waals surface area contributed by atoms with Gasteiger partial charge in [-0.05, 0) is 32.3 Å². The Morgan fingerprint density at radius 2 is 2.12 bits per heavy atom. The fourth-order valence-corrected chi connectivity index (χ4v) is 4.12. The van der Waals surface area contributed by atoms with Crippen molar-refractivity contribution in [2.45, 2.75) is 57.9 Å². The van der Waals surface area contributed by atoms with Crippen LogP contribution in [0.1, 0.15) is 47.2 Å². The van der Waals surface area contributed by atoms with Gasteiger partial charge < -0.3 is 9.64 Å². The molecule has 1 fully saturated rings. The van der Waals surface area contributed by atoms with E-state index in [-0.39, 0.29) is 42.9 Å². The van der Waals surface area contributed by atoms with Gasteiger partial charge in [0.2, 0.25) is 0 Å². The van der Waals surface area contributed by atoms with E-state index in [1.807, 2.05) is 0 Å². The number of hydrogen-bond donors (Lipinski definition) is 0. The van der Waals surface area contributed by atoms with Crippen LogP contribution in [-0.2, 0) is 0 Å². The molecule has 1 aliphatic heterocycles. The van der Waals surface area contributed by atoms with Gasteiger partial charge in [-0.2, -0.15) is 22.0 Å². The van der Waals surface area contributed by atoms with Crippen LogP contribution in [0.4, 0.5) is 22.0 Å². The molecule has 0 saturated carbocycles. The molecule has 1 aliphatic rings. The van der Waals surface area contributed by atoms with E-state index < -0.39 is 24.2 Å². The standard InChI is InChI=1S/C15H18F5NO2S/c1-3-5-14(15(18,19)20)6-4-7-21(14)12(22)11-10(23-13(16)17)8-9(2)24-11/h8,13H,3-7H2,1-2H3/t14-/m1/s1. The van der Waals surface area contributed by atoms with Crippen LogP contribution >= 0.6 is 11.3 Å². The van der Waals surface area contributed by atoms with Gasteiger partial charge in [0, 0.05) is 11.4 Å². The molecule has 1 atom stereocenters. The van der Waals surface area contributed by atoms with E-state index in [2.05, 4.69) is 4.74 Å². The zero-order valence-electron chi connectivity index (χ0n) is 13.3. The summed E-state index contributed by atoms with van der Waals surface area (Å²) in [6.07, 6.45) is -4.48. The minimum Gasteiger partial charge on any atom is -0.433 e. The molecule has 0 radical (unpaired) electrons. The number of aryl methyl sites for hydroxylation is 1. The Balaban J connectivity index is 2.41. The zero-order chi connectivity index (χ0) is 18.1. The van der Waals surface area contributed by atoms with Crippen LogP contribution in [0.2, 0.25) is 0 Å². The van der Waals surface area contributed by atoms with Gasteiger partial charge in [-0.3, -0.25) is 4.79 Å². The number of hydrogen-bond acceptors (Lipinski definition) is 3. The molecule has 0 aliphatic carbocycles. The van der Waals surface area contributed by atoms with E-state index in [1.54, 1.807) is 13.8 Å². The lowest BCUT2D eigenvalue weighted by molar-refractivity contribution is -0.217. The van der Waals surface area contributed by atoms with Crippen molar-refractivity contribution in [2.75, 3.05) is 6.54 Å². The number of rotatable bonds is 5. The minimum atomic E-state index is -4.58. The second-order valence-electron chi connectivity index (χ2n) is 5.77. The SMILES string of the molecule is CCC[C@]1(C(F)(F)F)CCCN1C(=O)c1sc(C)cc1OC(F)F. The van der Waals surface area contributed by atoms with Crippen molar-refractivity contribution in [1.82, 2.24) is 4.90 Å². The summed E-state index contributed by atoms with van der Waals surface area (Å²) in [4.78, 5) is 13.8. The molecule has 0 aromatic carbocycles. The van der Waals surface area contributed by atoms with Crippen molar-refractivity contribution in [1.29, 1.82) is 0 Å². The zero-order valence-corrected chi connectivity index (χ0v) is 14.1. The van der Waals surface area contributed by atoms with Crippen LogP contribution < -0.4 is 4.74 Å². The summed E-state index contributed by atoms with van der Waals surface area (Å²) in [6.45, 7) is -0.00200. The van der Waals surface area contributed by atoms with Crippen molar-refractivity contribution in [2.24, 2.45) is 0 Å². The van der Waals surface area contributed by atoms with E-state index >= 15 is 0 Å². The van der Waals surface area contributed by atoms with Crippen molar-refractivity contribution in [3.05, 3.63) is 15.8 Å². The van der Waals surface area contributed by atoms with E-state index in [0.717, 1.165) is 16.2 Å². The minimum absolute atomic E-state index is 0.0522. The Morgan fingerprint density at radius 1 is 1.46 bits per heavy atom. The summed E-state index contributed by atoms with van der Waals surface area (Å²) in [7, 11) is 0. The van der Waals surface area contributed by atoms with Gasteiger partial charge >= 0.3 is 12.8 Å². The van der Waals surface area contributed by atoms with Gasteiger partial charge in [0.25, 0.3) is 5.91 Å². The highest BCUT2D eigenvalue weighted by molar-refractivity contribution is 7.14. The lowest BCUT2D eigenvalue weighted by Gasteiger charge is -2.40. The maximum Gasteiger partial charge on any atom is 0.411 e. The van der Waals surface area contributed by atoms with Crippen molar-refractivity contribution < 1.29 is 31.5 Å².